The highest BCUT2D eigenvalue weighted by Gasteiger charge is 2.17. The molecule has 0 fully saturated rings. The Labute approximate surface area is 150 Å². The molecular weight excluding hydrogens is 334 g/mol. The summed E-state index contributed by atoms with van der Waals surface area (Å²) in [7, 11) is 0. The van der Waals surface area contributed by atoms with Gasteiger partial charge in [-0.2, -0.15) is 0 Å². The molecule has 0 unspecified atom stereocenters. The highest BCUT2D eigenvalue weighted by atomic mass is 16.6. The van der Waals surface area contributed by atoms with Crippen LogP contribution in [0.1, 0.15) is 11.1 Å². The van der Waals surface area contributed by atoms with E-state index in [0.29, 0.717) is 47.5 Å². The van der Waals surface area contributed by atoms with Crippen molar-refractivity contribution in [3.63, 3.8) is 0 Å². The van der Waals surface area contributed by atoms with Gasteiger partial charge >= 0.3 is 6.01 Å². The van der Waals surface area contributed by atoms with Gasteiger partial charge in [-0.25, -0.2) is 0 Å². The standard InChI is InChI=1S/C18H19N5O3/c1-9-7-12(16(20)10(2)15(9)19)17-22-23-18(26-17)21-11-3-4-13-14(8-11)25-6-5-24-13/h3-4,7-8H,5-6,19-20H2,1-2H3,(H,21,23). The van der Waals surface area contributed by atoms with E-state index in [0.717, 1.165) is 16.8 Å². The fraction of sp³-hybridized carbons (Fsp3) is 0.222. The Morgan fingerprint density at radius 1 is 0.962 bits per heavy atom. The van der Waals surface area contributed by atoms with Crippen LogP contribution >= 0.6 is 0 Å². The third-order valence-corrected chi connectivity index (χ3v) is 4.33. The molecule has 1 aliphatic rings. The fourth-order valence-electron chi connectivity index (χ4n) is 2.82. The van der Waals surface area contributed by atoms with E-state index in [4.69, 9.17) is 25.4 Å². The van der Waals surface area contributed by atoms with Gasteiger partial charge in [0.05, 0.1) is 5.56 Å². The summed E-state index contributed by atoms with van der Waals surface area (Å²) >= 11 is 0. The van der Waals surface area contributed by atoms with Crippen molar-refractivity contribution in [1.82, 2.24) is 10.2 Å². The summed E-state index contributed by atoms with van der Waals surface area (Å²) in [6.07, 6.45) is 0. The number of aryl methyl sites for hydroxylation is 1. The molecule has 4 rings (SSSR count). The number of nitrogen functional groups attached to an aromatic ring is 2. The minimum Gasteiger partial charge on any atom is -0.486 e. The molecule has 1 aromatic heterocycles. The van der Waals surface area contributed by atoms with Gasteiger partial charge < -0.3 is 30.7 Å². The molecular formula is C18H19N5O3. The van der Waals surface area contributed by atoms with Gasteiger partial charge in [-0.3, -0.25) is 0 Å². The number of ether oxygens (including phenoxy) is 2. The maximum absolute atomic E-state index is 6.16. The Hall–Kier alpha value is -3.42. The minimum atomic E-state index is 0.253. The van der Waals surface area contributed by atoms with Gasteiger partial charge in [-0.1, -0.05) is 5.10 Å². The number of rotatable bonds is 3. The van der Waals surface area contributed by atoms with Crippen LogP contribution in [0.15, 0.2) is 28.7 Å². The Kier molecular flexibility index (Phi) is 3.80. The lowest BCUT2D eigenvalue weighted by atomic mass is 10.0. The maximum Gasteiger partial charge on any atom is 0.320 e. The topological polar surface area (TPSA) is 121 Å². The molecule has 0 aliphatic carbocycles. The lowest BCUT2D eigenvalue weighted by Gasteiger charge is -2.18. The monoisotopic (exact) mass is 353 g/mol. The molecule has 134 valence electrons. The number of hydrogen-bond acceptors (Lipinski definition) is 8. The summed E-state index contributed by atoms with van der Waals surface area (Å²) in [6.45, 7) is 4.85. The lowest BCUT2D eigenvalue weighted by Crippen LogP contribution is -2.15. The molecule has 0 bridgehead atoms. The van der Waals surface area contributed by atoms with E-state index in [2.05, 4.69) is 15.5 Å². The first-order valence-electron chi connectivity index (χ1n) is 8.18. The SMILES string of the molecule is Cc1cc(-c2nnc(Nc3ccc4c(c3)OCCO4)o2)c(N)c(C)c1N. The number of anilines is 4. The van der Waals surface area contributed by atoms with Crippen LogP contribution < -0.4 is 26.3 Å². The lowest BCUT2D eigenvalue weighted by molar-refractivity contribution is 0.171. The average Bonchev–Trinajstić information content (AvgIpc) is 3.11. The first kappa shape index (κ1) is 16.1. The summed E-state index contributed by atoms with van der Waals surface area (Å²) in [6, 6.07) is 7.61. The van der Waals surface area contributed by atoms with Crippen molar-refractivity contribution >= 4 is 23.1 Å². The molecule has 8 heteroatoms. The van der Waals surface area contributed by atoms with Gasteiger partial charge in [0.2, 0.25) is 0 Å². The van der Waals surface area contributed by atoms with Gasteiger partial charge in [0, 0.05) is 23.1 Å². The van der Waals surface area contributed by atoms with E-state index in [1.54, 1.807) is 0 Å². The van der Waals surface area contributed by atoms with E-state index < -0.39 is 0 Å². The molecule has 5 N–H and O–H groups in total. The smallest absolute Gasteiger partial charge is 0.320 e. The zero-order chi connectivity index (χ0) is 18.3. The average molecular weight is 353 g/mol. The Bertz CT molecular complexity index is 983. The Balaban J connectivity index is 1.61. The third kappa shape index (κ3) is 2.75. The minimum absolute atomic E-state index is 0.253. The zero-order valence-electron chi connectivity index (χ0n) is 14.5. The molecule has 0 saturated carbocycles. The second-order valence-electron chi connectivity index (χ2n) is 6.09. The van der Waals surface area contributed by atoms with Crippen molar-refractivity contribution in [2.75, 3.05) is 30.0 Å². The number of nitrogens with one attached hydrogen (secondary N) is 1. The molecule has 0 radical (unpaired) electrons. The van der Waals surface area contributed by atoms with Gasteiger partial charge in [-0.15, -0.1) is 5.10 Å². The van der Waals surface area contributed by atoms with E-state index in [1.165, 1.54) is 0 Å². The summed E-state index contributed by atoms with van der Waals surface area (Å²) in [5.74, 6) is 1.72. The van der Waals surface area contributed by atoms with Crippen LogP contribution in [0.25, 0.3) is 11.5 Å². The summed E-state index contributed by atoms with van der Waals surface area (Å²) in [5.41, 5.74) is 16.5. The van der Waals surface area contributed by atoms with E-state index >= 15 is 0 Å². The number of aromatic nitrogens is 2. The number of hydrogen-bond donors (Lipinski definition) is 3. The summed E-state index contributed by atoms with van der Waals surface area (Å²) in [4.78, 5) is 0. The summed E-state index contributed by atoms with van der Waals surface area (Å²) in [5, 5.41) is 11.2. The number of nitrogens with zero attached hydrogens (tertiary/aromatic N) is 2. The molecule has 0 atom stereocenters. The molecule has 2 aromatic carbocycles. The van der Waals surface area contributed by atoms with Gasteiger partial charge in [0.1, 0.15) is 13.2 Å². The number of nitrogens with two attached hydrogens (primary N) is 2. The van der Waals surface area contributed by atoms with Crippen molar-refractivity contribution < 1.29 is 13.9 Å². The van der Waals surface area contributed by atoms with Crippen LogP contribution in [0.3, 0.4) is 0 Å². The predicted molar refractivity (Wildman–Crippen MR) is 98.7 cm³/mol. The van der Waals surface area contributed by atoms with Crippen molar-refractivity contribution in [3.8, 4) is 23.0 Å². The number of fused-ring (bicyclic) bond motifs is 1. The maximum atomic E-state index is 6.16. The molecule has 0 amide bonds. The van der Waals surface area contributed by atoms with Crippen molar-refractivity contribution in [1.29, 1.82) is 0 Å². The van der Waals surface area contributed by atoms with Gasteiger partial charge in [0.25, 0.3) is 5.89 Å². The van der Waals surface area contributed by atoms with Gasteiger partial charge in [0.15, 0.2) is 11.5 Å². The fourth-order valence-corrected chi connectivity index (χ4v) is 2.82. The van der Waals surface area contributed by atoms with Crippen molar-refractivity contribution in [3.05, 3.63) is 35.4 Å². The van der Waals surface area contributed by atoms with Gasteiger partial charge in [-0.05, 0) is 43.2 Å². The molecule has 0 spiro atoms. The van der Waals surface area contributed by atoms with Crippen LogP contribution in [0.2, 0.25) is 0 Å². The Morgan fingerprint density at radius 2 is 1.73 bits per heavy atom. The quantitative estimate of drug-likeness (QED) is 0.614. The molecule has 2 heterocycles. The molecule has 0 saturated heterocycles. The number of benzene rings is 2. The van der Waals surface area contributed by atoms with E-state index in [-0.39, 0.29) is 6.01 Å². The van der Waals surface area contributed by atoms with E-state index in [1.807, 2.05) is 38.1 Å². The highest BCUT2D eigenvalue weighted by molar-refractivity contribution is 5.80. The van der Waals surface area contributed by atoms with Crippen LogP contribution in [0.4, 0.5) is 23.1 Å². The molecule has 8 nitrogen and oxygen atoms in total. The second-order valence-corrected chi connectivity index (χ2v) is 6.09. The summed E-state index contributed by atoms with van der Waals surface area (Å²) < 4.78 is 16.8. The van der Waals surface area contributed by atoms with Crippen LogP contribution in [0, 0.1) is 13.8 Å². The molecule has 1 aliphatic heterocycles. The van der Waals surface area contributed by atoms with Crippen molar-refractivity contribution in [2.24, 2.45) is 0 Å². The molecule has 3 aromatic rings. The largest absolute Gasteiger partial charge is 0.486 e. The first-order chi connectivity index (χ1) is 12.5. The third-order valence-electron chi connectivity index (χ3n) is 4.33. The Morgan fingerprint density at radius 3 is 2.54 bits per heavy atom. The first-order valence-corrected chi connectivity index (χ1v) is 8.18. The zero-order valence-corrected chi connectivity index (χ0v) is 14.5. The van der Waals surface area contributed by atoms with Crippen LogP contribution in [0.5, 0.6) is 11.5 Å². The highest BCUT2D eigenvalue weighted by Crippen LogP contribution is 2.36. The van der Waals surface area contributed by atoms with Crippen molar-refractivity contribution in [2.45, 2.75) is 13.8 Å². The second kappa shape index (κ2) is 6.14. The normalized spacial score (nSPS) is 12.8. The van der Waals surface area contributed by atoms with Crippen LogP contribution in [-0.4, -0.2) is 23.4 Å². The predicted octanol–water partition coefficient (Wildman–Crippen LogP) is 3.03. The van der Waals surface area contributed by atoms with Crippen LogP contribution in [-0.2, 0) is 0 Å². The molecule has 26 heavy (non-hydrogen) atoms. The van der Waals surface area contributed by atoms with E-state index in [9.17, 15) is 0 Å².